The minimum absolute atomic E-state index is 0. The first-order valence-electron chi connectivity index (χ1n) is 7.50. The molecule has 0 spiro atoms. The van der Waals surface area contributed by atoms with E-state index in [9.17, 15) is 9.59 Å². The van der Waals surface area contributed by atoms with Crippen molar-refractivity contribution in [3.05, 3.63) is 24.3 Å². The minimum atomic E-state index is -0.137. The van der Waals surface area contributed by atoms with Crippen molar-refractivity contribution in [2.24, 2.45) is 11.1 Å². The summed E-state index contributed by atoms with van der Waals surface area (Å²) >= 11 is 0. The summed E-state index contributed by atoms with van der Waals surface area (Å²) in [5.74, 6) is -0.192. The van der Waals surface area contributed by atoms with Crippen molar-refractivity contribution in [1.82, 2.24) is 4.90 Å². The molecule has 7 heteroatoms. The number of hydrogen-bond acceptors (Lipinski definition) is 4. The van der Waals surface area contributed by atoms with Crippen LogP contribution < -0.4 is 16.4 Å². The summed E-state index contributed by atoms with van der Waals surface area (Å²) in [5, 5.41) is 5.56. The first-order valence-corrected chi connectivity index (χ1v) is 7.50. The van der Waals surface area contributed by atoms with Gasteiger partial charge in [0, 0.05) is 24.8 Å². The molecular formula is C16H25ClN4O2. The van der Waals surface area contributed by atoms with E-state index in [0.29, 0.717) is 24.5 Å². The average molecular weight is 341 g/mol. The van der Waals surface area contributed by atoms with Crippen LogP contribution in [0.2, 0.25) is 0 Å². The van der Waals surface area contributed by atoms with Gasteiger partial charge in [-0.3, -0.25) is 14.5 Å². The van der Waals surface area contributed by atoms with E-state index in [1.165, 1.54) is 6.92 Å². The van der Waals surface area contributed by atoms with Crippen LogP contribution in [0, 0.1) is 5.41 Å². The SMILES string of the molecule is CC(=O)Nc1cccc(NC(=O)CN2CCC(C)(CN)C2)c1.Cl. The lowest BCUT2D eigenvalue weighted by atomic mass is 9.90. The van der Waals surface area contributed by atoms with Crippen molar-refractivity contribution in [2.75, 3.05) is 36.8 Å². The number of halogens is 1. The maximum atomic E-state index is 12.1. The zero-order valence-electron chi connectivity index (χ0n) is 13.6. The second-order valence-corrected chi connectivity index (χ2v) is 6.29. The van der Waals surface area contributed by atoms with E-state index < -0.39 is 0 Å². The van der Waals surface area contributed by atoms with Gasteiger partial charge in [-0.05, 0) is 43.1 Å². The van der Waals surface area contributed by atoms with Crippen LogP contribution in [0.4, 0.5) is 11.4 Å². The molecule has 2 amide bonds. The van der Waals surface area contributed by atoms with Crippen LogP contribution in [-0.4, -0.2) is 42.9 Å². The molecule has 1 unspecified atom stereocenters. The van der Waals surface area contributed by atoms with Gasteiger partial charge in [0.05, 0.1) is 6.54 Å². The van der Waals surface area contributed by atoms with Crippen molar-refractivity contribution in [3.8, 4) is 0 Å². The summed E-state index contributed by atoms with van der Waals surface area (Å²) in [4.78, 5) is 25.3. The van der Waals surface area contributed by atoms with Crippen molar-refractivity contribution in [1.29, 1.82) is 0 Å². The molecule has 0 aromatic heterocycles. The van der Waals surface area contributed by atoms with Crippen molar-refractivity contribution in [3.63, 3.8) is 0 Å². The van der Waals surface area contributed by atoms with Gasteiger partial charge in [0.25, 0.3) is 0 Å². The van der Waals surface area contributed by atoms with E-state index in [0.717, 1.165) is 19.5 Å². The van der Waals surface area contributed by atoms with Crippen LogP contribution in [0.25, 0.3) is 0 Å². The Bertz CT molecular complexity index is 567. The van der Waals surface area contributed by atoms with Crippen molar-refractivity contribution < 1.29 is 9.59 Å². The van der Waals surface area contributed by atoms with Crippen LogP contribution in [0.1, 0.15) is 20.3 Å². The van der Waals surface area contributed by atoms with Crippen LogP contribution in [-0.2, 0) is 9.59 Å². The fourth-order valence-electron chi connectivity index (χ4n) is 2.71. The van der Waals surface area contributed by atoms with Gasteiger partial charge >= 0.3 is 0 Å². The third-order valence-electron chi connectivity index (χ3n) is 3.96. The number of nitrogens with two attached hydrogens (primary N) is 1. The molecule has 2 rings (SSSR count). The van der Waals surface area contributed by atoms with E-state index in [4.69, 9.17) is 5.73 Å². The highest BCUT2D eigenvalue weighted by Gasteiger charge is 2.33. The molecule has 0 radical (unpaired) electrons. The number of carbonyl (C=O) groups excluding carboxylic acids is 2. The Labute approximate surface area is 143 Å². The topological polar surface area (TPSA) is 87.5 Å². The first-order chi connectivity index (χ1) is 10.4. The number of likely N-dealkylation sites (tertiary alicyclic amines) is 1. The van der Waals surface area contributed by atoms with Gasteiger partial charge in [-0.25, -0.2) is 0 Å². The lowest BCUT2D eigenvalue weighted by Gasteiger charge is -2.22. The molecule has 23 heavy (non-hydrogen) atoms. The molecule has 0 aliphatic carbocycles. The standard InChI is InChI=1S/C16H24N4O2.ClH/c1-12(21)18-13-4-3-5-14(8-13)19-15(22)9-20-7-6-16(2,10-17)11-20;/h3-5,8H,6-7,9-11,17H2,1-2H3,(H,18,21)(H,19,22);1H. The van der Waals surface area contributed by atoms with Gasteiger partial charge in [0.1, 0.15) is 0 Å². The van der Waals surface area contributed by atoms with Crippen molar-refractivity contribution in [2.45, 2.75) is 20.3 Å². The van der Waals surface area contributed by atoms with E-state index >= 15 is 0 Å². The van der Waals surface area contributed by atoms with Gasteiger partial charge in [-0.2, -0.15) is 0 Å². The Kier molecular flexibility index (Phi) is 7.00. The summed E-state index contributed by atoms with van der Waals surface area (Å²) in [6, 6.07) is 7.12. The first kappa shape index (κ1) is 19.4. The molecule has 1 aliphatic heterocycles. The fraction of sp³-hybridized carbons (Fsp3) is 0.500. The third-order valence-corrected chi connectivity index (χ3v) is 3.96. The molecule has 0 bridgehead atoms. The molecule has 4 N–H and O–H groups in total. The summed E-state index contributed by atoms with van der Waals surface area (Å²) in [6.45, 7) is 6.36. The monoisotopic (exact) mass is 340 g/mol. The quantitative estimate of drug-likeness (QED) is 0.761. The number of nitrogens with one attached hydrogen (secondary N) is 2. The maximum absolute atomic E-state index is 12.1. The number of anilines is 2. The van der Waals surface area contributed by atoms with Gasteiger partial charge in [0.15, 0.2) is 0 Å². The Morgan fingerprint density at radius 3 is 2.52 bits per heavy atom. The lowest BCUT2D eigenvalue weighted by molar-refractivity contribution is -0.117. The normalized spacial score (nSPS) is 20.7. The lowest BCUT2D eigenvalue weighted by Crippen LogP contribution is -2.35. The highest BCUT2D eigenvalue weighted by Crippen LogP contribution is 2.28. The summed E-state index contributed by atoms with van der Waals surface area (Å²) in [5.41, 5.74) is 7.24. The predicted octanol–water partition coefficient (Wildman–Crippen LogP) is 1.68. The highest BCUT2D eigenvalue weighted by atomic mass is 35.5. The molecule has 1 fully saturated rings. The van der Waals surface area contributed by atoms with Crippen LogP contribution in [0.3, 0.4) is 0 Å². The Morgan fingerprint density at radius 1 is 1.30 bits per heavy atom. The maximum Gasteiger partial charge on any atom is 0.238 e. The molecule has 1 aliphatic rings. The predicted molar refractivity (Wildman–Crippen MR) is 94.8 cm³/mol. The summed E-state index contributed by atoms with van der Waals surface area (Å²) in [7, 11) is 0. The van der Waals surface area contributed by atoms with Crippen LogP contribution in [0.5, 0.6) is 0 Å². The van der Waals surface area contributed by atoms with E-state index in [1.807, 2.05) is 0 Å². The van der Waals surface area contributed by atoms with E-state index in [2.05, 4.69) is 22.5 Å². The van der Waals surface area contributed by atoms with Crippen LogP contribution in [0.15, 0.2) is 24.3 Å². The summed E-state index contributed by atoms with van der Waals surface area (Å²) in [6.07, 6.45) is 1.02. The Hall–Kier alpha value is -1.63. The number of hydrogen-bond donors (Lipinski definition) is 3. The van der Waals surface area contributed by atoms with Gasteiger partial charge in [-0.1, -0.05) is 13.0 Å². The fourth-order valence-corrected chi connectivity index (χ4v) is 2.71. The van der Waals surface area contributed by atoms with Gasteiger partial charge < -0.3 is 16.4 Å². The van der Waals surface area contributed by atoms with Crippen molar-refractivity contribution >= 4 is 35.6 Å². The molecular weight excluding hydrogens is 316 g/mol. The molecule has 0 saturated carbocycles. The second-order valence-electron chi connectivity index (χ2n) is 6.29. The van der Waals surface area contributed by atoms with Gasteiger partial charge in [0.2, 0.25) is 11.8 Å². The number of nitrogens with zero attached hydrogens (tertiary/aromatic N) is 1. The largest absolute Gasteiger partial charge is 0.330 e. The molecule has 1 aromatic carbocycles. The Morgan fingerprint density at radius 2 is 1.96 bits per heavy atom. The molecule has 128 valence electrons. The second kappa shape index (κ2) is 8.29. The minimum Gasteiger partial charge on any atom is -0.330 e. The molecule has 1 aromatic rings. The number of benzene rings is 1. The van der Waals surface area contributed by atoms with E-state index in [-0.39, 0.29) is 29.6 Å². The van der Waals surface area contributed by atoms with Gasteiger partial charge in [-0.15, -0.1) is 12.4 Å². The molecule has 1 atom stereocenters. The van der Waals surface area contributed by atoms with E-state index in [1.54, 1.807) is 24.3 Å². The number of carbonyl (C=O) groups is 2. The Balaban J connectivity index is 0.00000264. The summed E-state index contributed by atoms with van der Waals surface area (Å²) < 4.78 is 0. The highest BCUT2D eigenvalue weighted by molar-refractivity contribution is 5.94. The zero-order valence-corrected chi connectivity index (χ0v) is 14.4. The van der Waals surface area contributed by atoms with Crippen LogP contribution >= 0.6 is 12.4 Å². The molecule has 6 nitrogen and oxygen atoms in total. The molecule has 1 heterocycles. The molecule has 1 saturated heterocycles. The number of amides is 2. The number of rotatable bonds is 5. The smallest absolute Gasteiger partial charge is 0.238 e. The average Bonchev–Trinajstić information content (AvgIpc) is 2.80. The third kappa shape index (κ3) is 5.82. The zero-order chi connectivity index (χ0) is 16.2.